The molecule has 0 saturated heterocycles. The summed E-state index contributed by atoms with van der Waals surface area (Å²) >= 11 is 6.31. The molecule has 0 bridgehead atoms. The number of para-hydroxylation sites is 1. The summed E-state index contributed by atoms with van der Waals surface area (Å²) in [4.78, 5) is 30.7. The molecule has 0 aliphatic heterocycles. The van der Waals surface area contributed by atoms with Crippen LogP contribution in [0, 0.1) is 5.82 Å². The highest BCUT2D eigenvalue weighted by atomic mass is 35.5. The van der Waals surface area contributed by atoms with E-state index >= 15 is 0 Å². The lowest BCUT2D eigenvalue weighted by atomic mass is 10.2. The van der Waals surface area contributed by atoms with E-state index in [2.05, 4.69) is 15.4 Å². The van der Waals surface area contributed by atoms with Crippen molar-refractivity contribution in [3.8, 4) is 22.9 Å². The predicted octanol–water partition coefficient (Wildman–Crippen LogP) is 5.76. The molecule has 1 amide bonds. The largest absolute Gasteiger partial charge is 0.493 e. The second kappa shape index (κ2) is 11.8. The molecule has 1 N–H and O–H groups in total. The maximum absolute atomic E-state index is 13.5. The smallest absolute Gasteiger partial charge is 0.282 e. The molecule has 0 aliphatic carbocycles. The average molecular weight is 557 g/mol. The van der Waals surface area contributed by atoms with Crippen LogP contribution in [0.2, 0.25) is 5.02 Å². The summed E-state index contributed by atoms with van der Waals surface area (Å²) in [7, 11) is 1.43. The van der Waals surface area contributed by atoms with Crippen molar-refractivity contribution < 1.29 is 18.7 Å². The summed E-state index contributed by atoms with van der Waals surface area (Å²) in [6, 6.07) is 24.8. The highest BCUT2D eigenvalue weighted by Gasteiger charge is 2.16. The summed E-state index contributed by atoms with van der Waals surface area (Å²) < 4.78 is 25.9. The van der Waals surface area contributed by atoms with Crippen molar-refractivity contribution in [2.75, 3.05) is 19.0 Å². The van der Waals surface area contributed by atoms with Gasteiger partial charge in [0.15, 0.2) is 23.9 Å². The number of methoxy groups -OCH3 is 1. The summed E-state index contributed by atoms with van der Waals surface area (Å²) in [6.45, 7) is -0.415. The first-order chi connectivity index (χ1) is 19.4. The van der Waals surface area contributed by atoms with Crippen LogP contribution in [-0.2, 0) is 4.79 Å². The molecule has 0 spiro atoms. The van der Waals surface area contributed by atoms with Gasteiger partial charge in [-0.15, -0.1) is 0 Å². The first kappa shape index (κ1) is 26.6. The number of rotatable bonds is 8. The van der Waals surface area contributed by atoms with Crippen molar-refractivity contribution in [2.24, 2.45) is 5.10 Å². The topological polar surface area (TPSA) is 94.8 Å². The Kier molecular flexibility index (Phi) is 7.84. The molecule has 5 rings (SSSR count). The summed E-state index contributed by atoms with van der Waals surface area (Å²) in [5.74, 6) is -0.240. The second-order valence-electron chi connectivity index (χ2n) is 8.55. The van der Waals surface area contributed by atoms with E-state index in [0.29, 0.717) is 32.9 Å². The summed E-state index contributed by atoms with van der Waals surface area (Å²) in [5, 5.41) is 7.75. The van der Waals surface area contributed by atoms with E-state index < -0.39 is 18.3 Å². The number of nitrogens with one attached hydrogen (secondary N) is 1. The Morgan fingerprint density at radius 1 is 1.05 bits per heavy atom. The fraction of sp³-hybridized carbons (Fsp3) is 0.0667. The molecule has 8 nitrogen and oxygen atoms in total. The van der Waals surface area contributed by atoms with Crippen molar-refractivity contribution in [3.63, 3.8) is 0 Å². The Morgan fingerprint density at radius 3 is 2.60 bits per heavy atom. The minimum atomic E-state index is -0.521. The number of aromatic nitrogens is 2. The van der Waals surface area contributed by atoms with E-state index in [1.54, 1.807) is 30.3 Å². The molecule has 0 atom stereocenters. The van der Waals surface area contributed by atoms with Crippen LogP contribution >= 0.6 is 11.6 Å². The number of halogens is 2. The lowest BCUT2D eigenvalue weighted by molar-refractivity contribution is -0.118. The number of benzene rings is 4. The van der Waals surface area contributed by atoms with Gasteiger partial charge in [-0.2, -0.15) is 9.78 Å². The fourth-order valence-electron chi connectivity index (χ4n) is 4.02. The molecule has 0 radical (unpaired) electrons. The second-order valence-corrected chi connectivity index (χ2v) is 8.99. The van der Waals surface area contributed by atoms with Crippen LogP contribution in [0.15, 0.2) is 101 Å². The van der Waals surface area contributed by atoms with Gasteiger partial charge in [-0.05, 0) is 36.4 Å². The van der Waals surface area contributed by atoms with E-state index in [-0.39, 0.29) is 22.7 Å². The molecular weight excluding hydrogens is 535 g/mol. The molecule has 1 heterocycles. The van der Waals surface area contributed by atoms with Crippen molar-refractivity contribution in [1.29, 1.82) is 0 Å². The zero-order valence-corrected chi connectivity index (χ0v) is 21.9. The van der Waals surface area contributed by atoms with Gasteiger partial charge in [0, 0.05) is 27.9 Å². The lowest BCUT2D eigenvalue weighted by Crippen LogP contribution is -2.21. The van der Waals surface area contributed by atoms with Gasteiger partial charge in [0.25, 0.3) is 11.5 Å². The number of amides is 1. The highest BCUT2D eigenvalue weighted by Crippen LogP contribution is 2.34. The zero-order valence-electron chi connectivity index (χ0n) is 21.2. The number of carbonyl (C=O) groups excluding carboxylic acids is 1. The third-order valence-corrected chi connectivity index (χ3v) is 6.04. The van der Waals surface area contributed by atoms with E-state index in [1.807, 2.05) is 36.4 Å². The van der Waals surface area contributed by atoms with Gasteiger partial charge < -0.3 is 14.8 Å². The fourth-order valence-corrected chi connectivity index (χ4v) is 4.23. The van der Waals surface area contributed by atoms with Gasteiger partial charge in [0.05, 0.1) is 24.2 Å². The standard InChI is InChI=1S/C30H22ClFN4O4/c1-39-26-15-21(31)14-20(28(26)40-18-27(37)34-23-11-7-10-22(32)16-23)17-33-36-29(19-8-3-2-4-9-19)35-25-13-6-5-12-24(25)30(36)38/h2-17H,18H2,1H3,(H,34,37). The van der Waals surface area contributed by atoms with Crippen LogP contribution in [-0.4, -0.2) is 35.5 Å². The summed E-state index contributed by atoms with van der Waals surface area (Å²) in [5.41, 5.74) is 1.50. The van der Waals surface area contributed by atoms with Gasteiger partial charge in [-0.1, -0.05) is 60.1 Å². The van der Waals surface area contributed by atoms with Crippen LogP contribution in [0.1, 0.15) is 5.56 Å². The quantitative estimate of drug-likeness (QED) is 0.245. The SMILES string of the molecule is COc1cc(Cl)cc(C=Nn2c(-c3ccccc3)nc3ccccc3c2=O)c1OCC(=O)Nc1cccc(F)c1. The van der Waals surface area contributed by atoms with Crippen molar-refractivity contribution in [3.05, 3.63) is 118 Å². The predicted molar refractivity (Wildman–Crippen MR) is 153 cm³/mol. The number of ether oxygens (including phenoxy) is 2. The first-order valence-electron chi connectivity index (χ1n) is 12.1. The Balaban J connectivity index is 1.52. The minimum absolute atomic E-state index is 0.174. The number of fused-ring (bicyclic) bond motifs is 1. The molecule has 0 saturated carbocycles. The van der Waals surface area contributed by atoms with Crippen LogP contribution < -0.4 is 20.3 Å². The lowest BCUT2D eigenvalue weighted by Gasteiger charge is -2.14. The Hall–Kier alpha value is -5.02. The van der Waals surface area contributed by atoms with Crippen molar-refractivity contribution >= 4 is 40.3 Å². The molecule has 0 aliphatic rings. The number of nitrogens with zero attached hydrogens (tertiary/aromatic N) is 3. The minimum Gasteiger partial charge on any atom is -0.493 e. The third kappa shape index (κ3) is 5.84. The van der Waals surface area contributed by atoms with Gasteiger partial charge >= 0.3 is 0 Å². The zero-order chi connectivity index (χ0) is 28.1. The summed E-state index contributed by atoms with van der Waals surface area (Å²) in [6.07, 6.45) is 1.39. The Bertz CT molecular complexity index is 1790. The molecule has 40 heavy (non-hydrogen) atoms. The molecule has 0 fully saturated rings. The maximum Gasteiger partial charge on any atom is 0.282 e. The maximum atomic E-state index is 13.5. The monoisotopic (exact) mass is 556 g/mol. The van der Waals surface area contributed by atoms with Gasteiger partial charge in [-0.3, -0.25) is 9.59 Å². The molecular formula is C30H22ClFN4O4. The van der Waals surface area contributed by atoms with Crippen LogP contribution in [0.25, 0.3) is 22.3 Å². The van der Waals surface area contributed by atoms with Crippen molar-refractivity contribution in [2.45, 2.75) is 0 Å². The normalized spacial score (nSPS) is 11.1. The molecule has 10 heteroatoms. The number of hydrogen-bond acceptors (Lipinski definition) is 6. The third-order valence-electron chi connectivity index (χ3n) is 5.82. The number of hydrogen-bond donors (Lipinski definition) is 1. The molecule has 5 aromatic rings. The number of anilines is 1. The van der Waals surface area contributed by atoms with Crippen LogP contribution in [0.4, 0.5) is 10.1 Å². The van der Waals surface area contributed by atoms with E-state index in [4.69, 9.17) is 21.1 Å². The van der Waals surface area contributed by atoms with Crippen LogP contribution in [0.3, 0.4) is 0 Å². The van der Waals surface area contributed by atoms with E-state index in [0.717, 1.165) is 0 Å². The number of carbonyl (C=O) groups is 1. The van der Waals surface area contributed by atoms with Crippen molar-refractivity contribution in [1.82, 2.24) is 9.66 Å². The Labute approximate surface area is 233 Å². The van der Waals surface area contributed by atoms with E-state index in [9.17, 15) is 14.0 Å². The average Bonchev–Trinajstić information content (AvgIpc) is 2.96. The first-order valence-corrected chi connectivity index (χ1v) is 12.5. The highest BCUT2D eigenvalue weighted by molar-refractivity contribution is 6.31. The molecule has 4 aromatic carbocycles. The van der Waals surface area contributed by atoms with Gasteiger partial charge in [0.1, 0.15) is 5.82 Å². The Morgan fingerprint density at radius 2 is 1.82 bits per heavy atom. The molecule has 0 unspecified atom stereocenters. The molecule has 200 valence electrons. The van der Waals surface area contributed by atoms with Gasteiger partial charge in [-0.25, -0.2) is 9.37 Å². The van der Waals surface area contributed by atoms with Gasteiger partial charge in [0.2, 0.25) is 0 Å². The molecule has 1 aromatic heterocycles. The van der Waals surface area contributed by atoms with Crippen LogP contribution in [0.5, 0.6) is 11.5 Å². The van der Waals surface area contributed by atoms with E-state index in [1.165, 1.54) is 42.3 Å².